The fourth-order valence-corrected chi connectivity index (χ4v) is 5.58. The van der Waals surface area contributed by atoms with Crippen molar-refractivity contribution < 1.29 is 23.6 Å². The van der Waals surface area contributed by atoms with Crippen molar-refractivity contribution in [1.29, 1.82) is 0 Å². The maximum atomic E-state index is 13.7. The molecule has 1 atom stereocenters. The summed E-state index contributed by atoms with van der Waals surface area (Å²) in [5, 5.41) is 7.23. The molecule has 0 saturated carbocycles. The van der Waals surface area contributed by atoms with Crippen LogP contribution in [0.2, 0.25) is 0 Å². The largest absolute Gasteiger partial charge is 0.461 e. The van der Waals surface area contributed by atoms with Crippen LogP contribution in [0.25, 0.3) is 15.8 Å². The number of benzene rings is 2. The summed E-state index contributed by atoms with van der Waals surface area (Å²) in [6.07, 6.45) is 3.90. The van der Waals surface area contributed by atoms with Gasteiger partial charge in [0, 0.05) is 41.8 Å². The SMILES string of the molecule is [C-]#[N+]/C(C(=O)c1ccc(C(C)=O)cc1)=C(\Nc1ccc2oc(C)cc2c1)N[C@H]1CCCCN(CC(=O)N2CCCC2)C1=O. The number of likely N-dealkylation sites (tertiary alicyclic amines) is 2. The zero-order valence-electron chi connectivity index (χ0n) is 24.4. The molecule has 3 heterocycles. The average molecular weight is 582 g/mol. The first-order valence-electron chi connectivity index (χ1n) is 14.6. The Morgan fingerprint density at radius 1 is 0.977 bits per heavy atom. The Morgan fingerprint density at radius 2 is 1.67 bits per heavy atom. The summed E-state index contributed by atoms with van der Waals surface area (Å²) in [6, 6.07) is 12.7. The number of carbonyl (C=O) groups excluding carboxylic acids is 4. The molecule has 0 unspecified atom stereocenters. The number of allylic oxidation sites excluding steroid dienone is 1. The van der Waals surface area contributed by atoms with Crippen LogP contribution in [0, 0.1) is 13.5 Å². The van der Waals surface area contributed by atoms with Crippen LogP contribution in [0.3, 0.4) is 0 Å². The summed E-state index contributed by atoms with van der Waals surface area (Å²) in [7, 11) is 0. The van der Waals surface area contributed by atoms with E-state index in [2.05, 4.69) is 15.5 Å². The molecule has 2 aliphatic heterocycles. The maximum absolute atomic E-state index is 13.7. The second kappa shape index (κ2) is 12.9. The van der Waals surface area contributed by atoms with Gasteiger partial charge in [-0.15, -0.1) is 0 Å². The number of amides is 2. The van der Waals surface area contributed by atoms with Gasteiger partial charge in [0.1, 0.15) is 23.2 Å². The molecule has 10 nitrogen and oxygen atoms in total. The molecule has 2 fully saturated rings. The van der Waals surface area contributed by atoms with Crippen molar-refractivity contribution in [1.82, 2.24) is 15.1 Å². The lowest BCUT2D eigenvalue weighted by Crippen LogP contribution is -2.49. The van der Waals surface area contributed by atoms with E-state index in [1.807, 2.05) is 19.1 Å². The van der Waals surface area contributed by atoms with Crippen LogP contribution in [0.15, 0.2) is 64.5 Å². The molecule has 1 aromatic heterocycles. The van der Waals surface area contributed by atoms with E-state index in [1.165, 1.54) is 19.1 Å². The molecule has 2 saturated heterocycles. The fraction of sp³-hybridized carbons (Fsp3) is 0.364. The van der Waals surface area contributed by atoms with Gasteiger partial charge in [0.05, 0.1) is 13.1 Å². The monoisotopic (exact) mass is 581 g/mol. The molecule has 0 radical (unpaired) electrons. The number of Topliss-reactive ketones (excluding diaryl/α,β-unsaturated/α-hetero) is 2. The van der Waals surface area contributed by atoms with Crippen molar-refractivity contribution in [2.75, 3.05) is 31.5 Å². The summed E-state index contributed by atoms with van der Waals surface area (Å²) >= 11 is 0. The molecular formula is C33H35N5O5. The molecule has 43 heavy (non-hydrogen) atoms. The number of carbonyl (C=O) groups is 4. The molecule has 2 aromatic carbocycles. The number of aryl methyl sites for hydroxylation is 1. The topological polar surface area (TPSA) is 116 Å². The zero-order valence-corrected chi connectivity index (χ0v) is 24.4. The number of rotatable bonds is 9. The van der Waals surface area contributed by atoms with Crippen LogP contribution in [0.4, 0.5) is 5.69 Å². The third-order valence-electron chi connectivity index (χ3n) is 7.91. The summed E-state index contributed by atoms with van der Waals surface area (Å²) in [4.78, 5) is 59.0. The average Bonchev–Trinajstić information content (AvgIpc) is 3.63. The van der Waals surface area contributed by atoms with E-state index < -0.39 is 11.8 Å². The normalized spacial score (nSPS) is 17.7. The van der Waals surface area contributed by atoms with Gasteiger partial charge in [0.25, 0.3) is 5.70 Å². The predicted molar refractivity (Wildman–Crippen MR) is 162 cm³/mol. The van der Waals surface area contributed by atoms with E-state index in [1.54, 1.807) is 34.1 Å². The molecule has 0 bridgehead atoms. The Kier molecular flexibility index (Phi) is 8.90. The second-order valence-electron chi connectivity index (χ2n) is 11.1. The smallest absolute Gasteiger partial charge is 0.272 e. The van der Waals surface area contributed by atoms with Gasteiger partial charge in [-0.2, -0.15) is 0 Å². The molecule has 2 aliphatic rings. The molecular weight excluding hydrogens is 546 g/mol. The number of furan rings is 1. The quantitative estimate of drug-likeness (QED) is 0.209. The van der Waals surface area contributed by atoms with Gasteiger partial charge >= 0.3 is 0 Å². The van der Waals surface area contributed by atoms with Crippen LogP contribution >= 0.6 is 0 Å². The van der Waals surface area contributed by atoms with E-state index in [-0.39, 0.29) is 41.2 Å². The van der Waals surface area contributed by atoms with E-state index >= 15 is 0 Å². The Labute approximate surface area is 250 Å². The lowest BCUT2D eigenvalue weighted by atomic mass is 10.0. The van der Waals surface area contributed by atoms with E-state index in [4.69, 9.17) is 11.0 Å². The standard InChI is InChI=1S/C33H35N5O5/c1-21-18-25-19-26(13-14-28(25)43-21)35-32(30(34-3)31(41)24-11-9-23(10-12-24)22(2)39)36-27-8-4-5-17-38(33(27)42)20-29(40)37-15-6-7-16-37/h9-14,18-19,27,35-36H,4-8,15-17,20H2,1-2H3/b32-30+/t27-/m0/s1. The van der Waals surface area contributed by atoms with Gasteiger partial charge in [0.2, 0.25) is 11.8 Å². The molecule has 222 valence electrons. The molecule has 0 spiro atoms. The van der Waals surface area contributed by atoms with E-state index in [0.717, 1.165) is 36.8 Å². The van der Waals surface area contributed by atoms with Gasteiger partial charge in [-0.3, -0.25) is 14.4 Å². The van der Waals surface area contributed by atoms with Crippen molar-refractivity contribution in [3.05, 3.63) is 88.4 Å². The van der Waals surface area contributed by atoms with Gasteiger partial charge in [-0.25, -0.2) is 4.85 Å². The Morgan fingerprint density at radius 3 is 2.37 bits per heavy atom. The minimum absolute atomic E-state index is 0.0110. The summed E-state index contributed by atoms with van der Waals surface area (Å²) in [5.41, 5.74) is 1.76. The van der Waals surface area contributed by atoms with Crippen LogP contribution in [-0.4, -0.2) is 65.4 Å². The van der Waals surface area contributed by atoms with Gasteiger partial charge in [-0.1, -0.05) is 24.3 Å². The molecule has 5 rings (SSSR count). The molecule has 10 heteroatoms. The summed E-state index contributed by atoms with van der Waals surface area (Å²) in [6.45, 7) is 13.2. The number of nitrogens with one attached hydrogen (secondary N) is 2. The van der Waals surface area contributed by atoms with Crippen LogP contribution < -0.4 is 10.6 Å². The lowest BCUT2D eigenvalue weighted by molar-refractivity contribution is -0.140. The Bertz CT molecular complexity index is 1630. The van der Waals surface area contributed by atoms with Crippen molar-refractivity contribution in [3.63, 3.8) is 0 Å². The Balaban J connectivity index is 1.47. The number of nitrogens with zero attached hydrogens (tertiary/aromatic N) is 3. The molecule has 3 aromatic rings. The van der Waals surface area contributed by atoms with Crippen molar-refractivity contribution >= 4 is 40.0 Å². The van der Waals surface area contributed by atoms with E-state index in [0.29, 0.717) is 42.9 Å². The van der Waals surface area contributed by atoms with Crippen molar-refractivity contribution in [2.45, 2.75) is 52.0 Å². The highest BCUT2D eigenvalue weighted by Gasteiger charge is 2.32. The highest BCUT2D eigenvalue weighted by Crippen LogP contribution is 2.25. The lowest BCUT2D eigenvalue weighted by Gasteiger charge is -2.28. The first kappa shape index (κ1) is 29.6. The van der Waals surface area contributed by atoms with Crippen LogP contribution in [-0.2, 0) is 9.59 Å². The molecule has 2 N–H and O–H groups in total. The third kappa shape index (κ3) is 6.78. The van der Waals surface area contributed by atoms with Crippen LogP contribution in [0.5, 0.6) is 0 Å². The van der Waals surface area contributed by atoms with E-state index in [9.17, 15) is 19.2 Å². The first-order valence-corrected chi connectivity index (χ1v) is 14.6. The van der Waals surface area contributed by atoms with Crippen LogP contribution in [0.1, 0.15) is 65.5 Å². The van der Waals surface area contributed by atoms with Gasteiger partial charge in [0.15, 0.2) is 11.6 Å². The first-order chi connectivity index (χ1) is 20.7. The Hall–Kier alpha value is -4.91. The number of hydrogen-bond acceptors (Lipinski definition) is 7. The minimum Gasteiger partial charge on any atom is -0.461 e. The highest BCUT2D eigenvalue weighted by atomic mass is 16.3. The summed E-state index contributed by atoms with van der Waals surface area (Å²) < 4.78 is 5.69. The number of anilines is 1. The minimum atomic E-state index is -0.749. The second-order valence-corrected chi connectivity index (χ2v) is 11.1. The predicted octanol–water partition coefficient (Wildman–Crippen LogP) is 4.92. The zero-order chi connectivity index (χ0) is 30.5. The number of ketones is 2. The number of fused-ring (bicyclic) bond motifs is 1. The maximum Gasteiger partial charge on any atom is 0.272 e. The molecule has 2 amide bonds. The van der Waals surface area contributed by atoms with Gasteiger partial charge < -0.3 is 29.6 Å². The van der Waals surface area contributed by atoms with Crippen molar-refractivity contribution in [2.24, 2.45) is 0 Å². The third-order valence-corrected chi connectivity index (χ3v) is 7.91. The fourth-order valence-electron chi connectivity index (χ4n) is 5.58. The van der Waals surface area contributed by atoms with Gasteiger partial charge in [-0.05, 0) is 70.2 Å². The highest BCUT2D eigenvalue weighted by molar-refractivity contribution is 6.11. The molecule has 0 aliphatic carbocycles. The number of hydrogen-bond donors (Lipinski definition) is 2. The van der Waals surface area contributed by atoms with Crippen molar-refractivity contribution in [3.8, 4) is 0 Å². The summed E-state index contributed by atoms with van der Waals surface area (Å²) in [5.74, 6) is -0.139.